The predicted molar refractivity (Wildman–Crippen MR) is 68.3 cm³/mol. The molecule has 0 saturated heterocycles. The maximum atomic E-state index is 14.0. The number of hydrogen-bond acceptors (Lipinski definition) is 4. The molecule has 1 aromatic carbocycles. The van der Waals surface area contributed by atoms with Gasteiger partial charge < -0.3 is 10.2 Å². The van der Waals surface area contributed by atoms with Gasteiger partial charge in [-0.25, -0.2) is 14.3 Å². The van der Waals surface area contributed by atoms with E-state index in [1.165, 1.54) is 6.07 Å². The Kier molecular flexibility index (Phi) is 3.53. The lowest BCUT2D eigenvalue weighted by Crippen LogP contribution is -2.20. The molecule has 0 radical (unpaired) electrons. The number of nitrogens with one attached hydrogen (secondary N) is 1. The zero-order valence-corrected chi connectivity index (χ0v) is 11.0. The lowest BCUT2D eigenvalue weighted by molar-refractivity contribution is 0.396. The van der Waals surface area contributed by atoms with Gasteiger partial charge in [-0.15, -0.1) is 5.10 Å². The number of aromatic amines is 1. The lowest BCUT2D eigenvalue weighted by atomic mass is 9.88. The van der Waals surface area contributed by atoms with Crippen molar-refractivity contribution in [3.05, 3.63) is 51.1 Å². The molecule has 0 spiro atoms. The smallest absolute Gasteiger partial charge is 0.391 e. The van der Waals surface area contributed by atoms with Crippen LogP contribution in [0.15, 0.2) is 21.3 Å². The Morgan fingerprint density at radius 3 is 2.68 bits per heavy atom. The molecule has 0 aliphatic heterocycles. The summed E-state index contributed by atoms with van der Waals surface area (Å²) >= 11 is 0. The number of H-pyrrole nitrogens is 1. The first kappa shape index (κ1) is 13.5. The van der Waals surface area contributed by atoms with Gasteiger partial charge in [-0.1, -0.05) is 13.0 Å². The van der Waals surface area contributed by atoms with E-state index in [1.54, 1.807) is 13.0 Å². The van der Waals surface area contributed by atoms with E-state index in [0.29, 0.717) is 5.56 Å². The van der Waals surface area contributed by atoms with Crippen LogP contribution in [0.1, 0.15) is 41.5 Å². The molecule has 6 heteroatoms. The Morgan fingerprint density at radius 2 is 2.11 bits per heavy atom. The third kappa shape index (κ3) is 2.44. The zero-order chi connectivity index (χ0) is 14.2. The van der Waals surface area contributed by atoms with Crippen molar-refractivity contribution >= 4 is 0 Å². The monoisotopic (exact) mass is 265 g/mol. The van der Waals surface area contributed by atoms with Crippen LogP contribution < -0.4 is 11.5 Å². The van der Waals surface area contributed by atoms with E-state index in [1.807, 2.05) is 13.8 Å². The number of halogens is 1. The van der Waals surface area contributed by atoms with E-state index in [-0.39, 0.29) is 17.6 Å². The average molecular weight is 265 g/mol. The summed E-state index contributed by atoms with van der Waals surface area (Å²) in [6, 6.07) is 2.46. The summed E-state index contributed by atoms with van der Waals surface area (Å²) in [7, 11) is 0. The molecule has 102 valence electrons. The predicted octanol–water partition coefficient (Wildman–Crippen LogP) is 1.92. The van der Waals surface area contributed by atoms with E-state index in [0.717, 1.165) is 11.1 Å². The molecule has 19 heavy (non-hydrogen) atoms. The molecule has 0 bridgehead atoms. The Morgan fingerprint density at radius 1 is 1.42 bits per heavy atom. The van der Waals surface area contributed by atoms with Crippen LogP contribution in [0.4, 0.5) is 4.39 Å². The standard InChI is InChI=1S/C13H16FN3O2/c1-6-4-5-9(14)10(7(6)2)8(3)11(15)12-16-17-13(18)19-12/h4-5,8,11H,15H2,1-3H3,(H,17,18)/t8-,11+/m1/s1. The van der Waals surface area contributed by atoms with Crippen molar-refractivity contribution in [3.63, 3.8) is 0 Å². The van der Waals surface area contributed by atoms with Crippen molar-refractivity contribution in [1.82, 2.24) is 10.2 Å². The van der Waals surface area contributed by atoms with Crippen LogP contribution in [0.3, 0.4) is 0 Å². The highest BCUT2D eigenvalue weighted by Crippen LogP contribution is 2.32. The molecule has 1 aromatic heterocycles. The quantitative estimate of drug-likeness (QED) is 0.887. The van der Waals surface area contributed by atoms with Gasteiger partial charge in [0.15, 0.2) is 0 Å². The van der Waals surface area contributed by atoms with Gasteiger partial charge in [0.1, 0.15) is 5.82 Å². The van der Waals surface area contributed by atoms with E-state index >= 15 is 0 Å². The molecule has 1 heterocycles. The number of nitrogens with two attached hydrogens (primary N) is 1. The van der Waals surface area contributed by atoms with Gasteiger partial charge in [0.2, 0.25) is 5.89 Å². The third-order valence-electron chi connectivity index (χ3n) is 3.47. The second-order valence-corrected chi connectivity index (χ2v) is 4.67. The number of aryl methyl sites for hydroxylation is 1. The highest BCUT2D eigenvalue weighted by molar-refractivity contribution is 5.37. The number of hydrogen-bond donors (Lipinski definition) is 2. The molecule has 2 aromatic rings. The summed E-state index contributed by atoms with van der Waals surface area (Å²) in [6.45, 7) is 5.53. The van der Waals surface area contributed by atoms with Gasteiger partial charge in [0.05, 0.1) is 6.04 Å². The molecular weight excluding hydrogens is 249 g/mol. The summed E-state index contributed by atoms with van der Waals surface area (Å²) in [4.78, 5) is 10.9. The van der Waals surface area contributed by atoms with Crippen LogP contribution in [0.5, 0.6) is 0 Å². The lowest BCUT2D eigenvalue weighted by Gasteiger charge is -2.20. The minimum atomic E-state index is -0.686. The zero-order valence-electron chi connectivity index (χ0n) is 11.0. The van der Waals surface area contributed by atoms with Gasteiger partial charge in [-0.2, -0.15) is 0 Å². The fraction of sp³-hybridized carbons (Fsp3) is 0.385. The number of rotatable bonds is 3. The average Bonchev–Trinajstić information content (AvgIpc) is 2.80. The maximum absolute atomic E-state index is 14.0. The maximum Gasteiger partial charge on any atom is 0.434 e. The van der Waals surface area contributed by atoms with Crippen LogP contribution in [0.2, 0.25) is 0 Å². The normalized spacial score (nSPS) is 14.4. The van der Waals surface area contributed by atoms with Gasteiger partial charge in [0, 0.05) is 5.92 Å². The largest absolute Gasteiger partial charge is 0.434 e. The molecule has 0 saturated carbocycles. The van der Waals surface area contributed by atoms with Crippen molar-refractivity contribution in [2.75, 3.05) is 0 Å². The van der Waals surface area contributed by atoms with Gasteiger partial charge >= 0.3 is 5.76 Å². The van der Waals surface area contributed by atoms with E-state index in [2.05, 4.69) is 10.2 Å². The molecule has 0 amide bonds. The number of nitrogens with zero attached hydrogens (tertiary/aromatic N) is 1. The molecule has 0 unspecified atom stereocenters. The Labute approximate surface area is 109 Å². The molecule has 2 rings (SSSR count). The van der Waals surface area contributed by atoms with Crippen LogP contribution in [0, 0.1) is 19.7 Å². The molecular formula is C13H16FN3O2. The Bertz CT molecular complexity index is 648. The minimum absolute atomic E-state index is 0.0813. The van der Waals surface area contributed by atoms with Gasteiger partial charge in [0.25, 0.3) is 0 Å². The van der Waals surface area contributed by atoms with E-state index in [9.17, 15) is 9.18 Å². The molecule has 0 aliphatic carbocycles. The molecule has 5 nitrogen and oxygen atoms in total. The van der Waals surface area contributed by atoms with Crippen molar-refractivity contribution in [2.45, 2.75) is 32.7 Å². The number of benzene rings is 1. The summed E-state index contributed by atoms with van der Waals surface area (Å²) in [5.41, 5.74) is 8.35. The van der Waals surface area contributed by atoms with Gasteiger partial charge in [-0.3, -0.25) is 0 Å². The fourth-order valence-electron chi connectivity index (χ4n) is 2.14. The first-order chi connectivity index (χ1) is 8.91. The number of aromatic nitrogens is 2. The molecule has 2 atom stereocenters. The second-order valence-electron chi connectivity index (χ2n) is 4.67. The molecule has 0 aliphatic rings. The Balaban J connectivity index is 2.42. The van der Waals surface area contributed by atoms with Crippen LogP contribution in [-0.4, -0.2) is 10.2 Å². The SMILES string of the molecule is Cc1ccc(F)c([C@@H](C)[C@H](N)c2n[nH]c(=O)o2)c1C. The van der Waals surface area contributed by atoms with Crippen molar-refractivity contribution in [2.24, 2.45) is 5.73 Å². The molecule has 0 fully saturated rings. The van der Waals surface area contributed by atoms with Crippen LogP contribution in [0.25, 0.3) is 0 Å². The summed E-state index contributed by atoms with van der Waals surface area (Å²) in [5, 5.41) is 5.84. The summed E-state index contributed by atoms with van der Waals surface area (Å²) in [6.07, 6.45) is 0. The third-order valence-corrected chi connectivity index (χ3v) is 3.47. The van der Waals surface area contributed by atoms with Crippen LogP contribution in [-0.2, 0) is 0 Å². The topological polar surface area (TPSA) is 84.9 Å². The second kappa shape index (κ2) is 4.97. The van der Waals surface area contributed by atoms with E-state index < -0.39 is 11.8 Å². The fourth-order valence-corrected chi connectivity index (χ4v) is 2.14. The van der Waals surface area contributed by atoms with Crippen molar-refractivity contribution in [3.8, 4) is 0 Å². The highest BCUT2D eigenvalue weighted by atomic mass is 19.1. The highest BCUT2D eigenvalue weighted by Gasteiger charge is 2.25. The molecule has 3 N–H and O–H groups in total. The van der Waals surface area contributed by atoms with Crippen LogP contribution >= 0.6 is 0 Å². The van der Waals surface area contributed by atoms with E-state index in [4.69, 9.17) is 10.2 Å². The van der Waals surface area contributed by atoms with Gasteiger partial charge in [-0.05, 0) is 36.6 Å². The first-order valence-electron chi connectivity index (χ1n) is 5.98. The van der Waals surface area contributed by atoms with Crippen molar-refractivity contribution in [1.29, 1.82) is 0 Å². The Hall–Kier alpha value is -1.95. The van der Waals surface area contributed by atoms with Crippen molar-refractivity contribution < 1.29 is 8.81 Å². The first-order valence-corrected chi connectivity index (χ1v) is 5.98. The minimum Gasteiger partial charge on any atom is -0.391 e. The summed E-state index contributed by atoms with van der Waals surface area (Å²) in [5.74, 6) is -1.26. The summed E-state index contributed by atoms with van der Waals surface area (Å²) < 4.78 is 18.8.